The SMILES string of the molecule is CCCn1ncc(Cl)c1C(NC)c1cn(C)nc1CC. The molecule has 1 N–H and O–H groups in total. The summed E-state index contributed by atoms with van der Waals surface area (Å²) in [6, 6.07) is 0.0141. The molecule has 2 aromatic rings. The maximum atomic E-state index is 6.36. The summed E-state index contributed by atoms with van der Waals surface area (Å²) in [5, 5.41) is 12.9. The van der Waals surface area contributed by atoms with Crippen molar-refractivity contribution in [1.82, 2.24) is 24.9 Å². The van der Waals surface area contributed by atoms with Crippen LogP contribution in [0.5, 0.6) is 0 Å². The second-order valence-corrected chi connectivity index (χ2v) is 5.29. The van der Waals surface area contributed by atoms with Crippen LogP contribution in [-0.2, 0) is 20.0 Å². The molecule has 2 rings (SSSR count). The fourth-order valence-electron chi connectivity index (χ4n) is 2.56. The maximum Gasteiger partial charge on any atom is 0.0837 e. The third-order valence-corrected chi connectivity index (χ3v) is 3.71. The third kappa shape index (κ3) is 2.74. The van der Waals surface area contributed by atoms with E-state index in [-0.39, 0.29) is 6.04 Å². The molecule has 1 atom stereocenters. The van der Waals surface area contributed by atoms with E-state index in [0.717, 1.165) is 36.3 Å². The monoisotopic (exact) mass is 295 g/mol. The molecule has 6 heteroatoms. The van der Waals surface area contributed by atoms with E-state index in [2.05, 4.69) is 35.6 Å². The summed E-state index contributed by atoms with van der Waals surface area (Å²) >= 11 is 6.36. The van der Waals surface area contributed by atoms with Gasteiger partial charge < -0.3 is 5.32 Å². The third-order valence-electron chi connectivity index (χ3n) is 3.41. The number of rotatable bonds is 6. The lowest BCUT2D eigenvalue weighted by Crippen LogP contribution is -2.22. The summed E-state index contributed by atoms with van der Waals surface area (Å²) < 4.78 is 3.84. The summed E-state index contributed by atoms with van der Waals surface area (Å²) in [6.07, 6.45) is 5.70. The van der Waals surface area contributed by atoms with Crippen molar-refractivity contribution < 1.29 is 0 Å². The van der Waals surface area contributed by atoms with Gasteiger partial charge in [0.1, 0.15) is 0 Å². The van der Waals surface area contributed by atoms with Crippen molar-refractivity contribution >= 4 is 11.6 Å². The van der Waals surface area contributed by atoms with Crippen LogP contribution in [0, 0.1) is 0 Å². The fraction of sp³-hybridized carbons (Fsp3) is 0.571. The number of hydrogen-bond acceptors (Lipinski definition) is 3. The average molecular weight is 296 g/mol. The molecule has 0 fully saturated rings. The molecular formula is C14H22ClN5. The van der Waals surface area contributed by atoms with E-state index in [4.69, 9.17) is 11.6 Å². The number of hydrogen-bond donors (Lipinski definition) is 1. The lowest BCUT2D eigenvalue weighted by Gasteiger charge is -2.18. The van der Waals surface area contributed by atoms with Gasteiger partial charge in [0.15, 0.2) is 0 Å². The molecule has 20 heavy (non-hydrogen) atoms. The van der Waals surface area contributed by atoms with Gasteiger partial charge in [0.2, 0.25) is 0 Å². The van der Waals surface area contributed by atoms with Gasteiger partial charge in [0, 0.05) is 25.4 Å². The first-order valence-electron chi connectivity index (χ1n) is 7.03. The van der Waals surface area contributed by atoms with E-state index < -0.39 is 0 Å². The van der Waals surface area contributed by atoms with Crippen LogP contribution in [0.3, 0.4) is 0 Å². The number of aromatic nitrogens is 4. The quantitative estimate of drug-likeness (QED) is 0.891. The maximum absolute atomic E-state index is 6.36. The van der Waals surface area contributed by atoms with Gasteiger partial charge in [0.25, 0.3) is 0 Å². The fourth-order valence-corrected chi connectivity index (χ4v) is 2.81. The molecule has 0 saturated heterocycles. The lowest BCUT2D eigenvalue weighted by atomic mass is 10.0. The van der Waals surface area contributed by atoms with Gasteiger partial charge in [-0.25, -0.2) is 0 Å². The van der Waals surface area contributed by atoms with Gasteiger partial charge >= 0.3 is 0 Å². The normalized spacial score (nSPS) is 12.8. The van der Waals surface area contributed by atoms with Gasteiger partial charge in [-0.1, -0.05) is 25.4 Å². The van der Waals surface area contributed by atoms with Crippen molar-refractivity contribution in [1.29, 1.82) is 0 Å². The van der Waals surface area contributed by atoms with Crippen LogP contribution >= 0.6 is 11.6 Å². The van der Waals surface area contributed by atoms with E-state index in [9.17, 15) is 0 Å². The zero-order chi connectivity index (χ0) is 14.7. The first kappa shape index (κ1) is 15.1. The topological polar surface area (TPSA) is 47.7 Å². The van der Waals surface area contributed by atoms with Crippen molar-refractivity contribution in [3.63, 3.8) is 0 Å². The summed E-state index contributed by atoms with van der Waals surface area (Å²) in [6.45, 7) is 5.11. The minimum atomic E-state index is 0.0141. The highest BCUT2D eigenvalue weighted by molar-refractivity contribution is 6.31. The van der Waals surface area contributed by atoms with Crippen molar-refractivity contribution in [2.24, 2.45) is 7.05 Å². The summed E-state index contributed by atoms with van der Waals surface area (Å²) in [5.74, 6) is 0. The predicted octanol–water partition coefficient (Wildman–Crippen LogP) is 2.55. The van der Waals surface area contributed by atoms with Crippen LogP contribution in [-0.4, -0.2) is 26.6 Å². The second kappa shape index (κ2) is 6.41. The average Bonchev–Trinajstić information content (AvgIpc) is 2.97. The first-order chi connectivity index (χ1) is 9.62. The van der Waals surface area contributed by atoms with Crippen LogP contribution < -0.4 is 5.32 Å². The van der Waals surface area contributed by atoms with Crippen molar-refractivity contribution in [3.05, 3.63) is 34.4 Å². The van der Waals surface area contributed by atoms with Crippen molar-refractivity contribution in [3.8, 4) is 0 Å². The van der Waals surface area contributed by atoms with E-state index in [1.54, 1.807) is 6.20 Å². The molecule has 5 nitrogen and oxygen atoms in total. The van der Waals surface area contributed by atoms with Gasteiger partial charge in [-0.3, -0.25) is 9.36 Å². The molecule has 0 aliphatic carbocycles. The Hall–Kier alpha value is -1.33. The molecule has 0 spiro atoms. The Bertz CT molecular complexity index is 572. The number of halogens is 1. The Morgan fingerprint density at radius 1 is 1.40 bits per heavy atom. The summed E-state index contributed by atoms with van der Waals surface area (Å²) in [7, 11) is 3.89. The highest BCUT2D eigenvalue weighted by Crippen LogP contribution is 2.30. The van der Waals surface area contributed by atoms with Gasteiger partial charge in [-0.2, -0.15) is 10.2 Å². The zero-order valence-corrected chi connectivity index (χ0v) is 13.3. The summed E-state index contributed by atoms with van der Waals surface area (Å²) in [5.41, 5.74) is 3.27. The van der Waals surface area contributed by atoms with Crippen molar-refractivity contribution in [2.75, 3.05) is 7.05 Å². The van der Waals surface area contributed by atoms with E-state index in [1.807, 2.05) is 23.5 Å². The minimum Gasteiger partial charge on any atom is -0.308 e. The second-order valence-electron chi connectivity index (χ2n) is 4.88. The van der Waals surface area contributed by atoms with Gasteiger partial charge in [0.05, 0.1) is 28.6 Å². The highest BCUT2D eigenvalue weighted by atomic mass is 35.5. The molecular weight excluding hydrogens is 274 g/mol. The Morgan fingerprint density at radius 2 is 2.15 bits per heavy atom. The molecule has 0 aliphatic rings. The van der Waals surface area contributed by atoms with Gasteiger partial charge in [-0.15, -0.1) is 0 Å². The molecule has 1 unspecified atom stereocenters. The molecule has 110 valence electrons. The highest BCUT2D eigenvalue weighted by Gasteiger charge is 2.24. The largest absolute Gasteiger partial charge is 0.308 e. The number of nitrogens with zero attached hydrogens (tertiary/aromatic N) is 4. The first-order valence-corrected chi connectivity index (χ1v) is 7.41. The summed E-state index contributed by atoms with van der Waals surface area (Å²) in [4.78, 5) is 0. The predicted molar refractivity (Wildman–Crippen MR) is 81.0 cm³/mol. The Balaban J connectivity index is 2.49. The van der Waals surface area contributed by atoms with Crippen LogP contribution in [0.1, 0.15) is 43.3 Å². The molecule has 0 saturated carbocycles. The van der Waals surface area contributed by atoms with Crippen LogP contribution in [0.4, 0.5) is 0 Å². The Labute approximate surface area is 124 Å². The zero-order valence-electron chi connectivity index (χ0n) is 12.5. The van der Waals surface area contributed by atoms with Crippen LogP contribution in [0.25, 0.3) is 0 Å². The molecule has 0 aromatic carbocycles. The van der Waals surface area contributed by atoms with E-state index >= 15 is 0 Å². The smallest absolute Gasteiger partial charge is 0.0837 e. The molecule has 0 radical (unpaired) electrons. The molecule has 0 amide bonds. The Kier molecular flexibility index (Phi) is 4.83. The van der Waals surface area contributed by atoms with Gasteiger partial charge in [-0.05, 0) is 19.9 Å². The minimum absolute atomic E-state index is 0.0141. The Morgan fingerprint density at radius 3 is 2.75 bits per heavy atom. The lowest BCUT2D eigenvalue weighted by molar-refractivity contribution is 0.533. The number of aryl methyl sites for hydroxylation is 3. The van der Waals surface area contributed by atoms with E-state index in [1.165, 1.54) is 0 Å². The van der Waals surface area contributed by atoms with E-state index in [0.29, 0.717) is 5.02 Å². The molecule has 2 heterocycles. The molecule has 0 bridgehead atoms. The molecule has 2 aromatic heterocycles. The van der Waals surface area contributed by atoms with Crippen LogP contribution in [0.2, 0.25) is 5.02 Å². The van der Waals surface area contributed by atoms with Crippen molar-refractivity contribution in [2.45, 2.75) is 39.3 Å². The molecule has 0 aliphatic heterocycles. The van der Waals surface area contributed by atoms with Crippen LogP contribution in [0.15, 0.2) is 12.4 Å². The number of nitrogens with one attached hydrogen (secondary N) is 1. The standard InChI is InChI=1S/C14H22ClN5/c1-5-7-20-14(11(15)8-17-20)13(16-3)10-9-19(4)18-12(10)6-2/h8-9,13,16H,5-7H2,1-4H3.